The van der Waals surface area contributed by atoms with Gasteiger partial charge in [0.2, 0.25) is 0 Å². The molecule has 4 rings (SSSR count). The van der Waals surface area contributed by atoms with E-state index in [0.717, 1.165) is 19.5 Å². The number of rotatable bonds is 7. The van der Waals surface area contributed by atoms with Gasteiger partial charge in [-0.25, -0.2) is 0 Å². The Hall–Kier alpha value is -3.05. The highest BCUT2D eigenvalue weighted by molar-refractivity contribution is 5.77. The summed E-state index contributed by atoms with van der Waals surface area (Å²) in [6, 6.07) is 22.4. The number of aromatic nitrogens is 1. The molecule has 0 unspecified atom stereocenters. The zero-order chi connectivity index (χ0) is 20.1. The summed E-state index contributed by atoms with van der Waals surface area (Å²) < 4.78 is 7.71. The molecule has 0 fully saturated rings. The first-order valence-corrected chi connectivity index (χ1v) is 10.1. The minimum Gasteiger partial charge on any atom is -0.484 e. The molecule has 0 saturated carbocycles. The van der Waals surface area contributed by atoms with Gasteiger partial charge < -0.3 is 14.6 Å². The van der Waals surface area contributed by atoms with Crippen molar-refractivity contribution in [3.63, 3.8) is 0 Å². The van der Waals surface area contributed by atoms with Crippen molar-refractivity contribution in [3.05, 3.63) is 89.7 Å². The third-order valence-electron chi connectivity index (χ3n) is 5.53. The molecule has 29 heavy (non-hydrogen) atoms. The highest BCUT2D eigenvalue weighted by atomic mass is 16.5. The van der Waals surface area contributed by atoms with E-state index < -0.39 is 0 Å². The fraction of sp³-hybridized carbons (Fsp3) is 0.292. The van der Waals surface area contributed by atoms with Crippen molar-refractivity contribution in [3.8, 4) is 5.75 Å². The largest absolute Gasteiger partial charge is 0.484 e. The van der Waals surface area contributed by atoms with Crippen LogP contribution in [0.5, 0.6) is 5.75 Å². The monoisotopic (exact) mass is 389 g/mol. The summed E-state index contributed by atoms with van der Waals surface area (Å²) in [5, 5.41) is 3.07. The fourth-order valence-electron chi connectivity index (χ4n) is 3.95. The van der Waals surface area contributed by atoms with Gasteiger partial charge >= 0.3 is 0 Å². The number of carbonyl (C=O) groups excluding carboxylic acids is 1. The van der Waals surface area contributed by atoms with E-state index in [1.807, 2.05) is 30.3 Å². The second-order valence-corrected chi connectivity index (χ2v) is 7.45. The van der Waals surface area contributed by atoms with Crippen molar-refractivity contribution in [2.45, 2.75) is 19.0 Å². The van der Waals surface area contributed by atoms with E-state index in [1.165, 1.54) is 16.8 Å². The minimum absolute atomic E-state index is 0.0205. The average molecular weight is 389 g/mol. The smallest absolute Gasteiger partial charge is 0.258 e. The van der Waals surface area contributed by atoms with E-state index in [-0.39, 0.29) is 18.6 Å². The number of hydrogen-bond donors (Lipinski definition) is 1. The maximum Gasteiger partial charge on any atom is 0.258 e. The molecule has 1 aromatic heterocycles. The van der Waals surface area contributed by atoms with Crippen LogP contribution < -0.4 is 10.1 Å². The van der Waals surface area contributed by atoms with E-state index in [1.54, 1.807) is 0 Å². The number of fused-ring (bicyclic) bond motifs is 1. The summed E-state index contributed by atoms with van der Waals surface area (Å²) in [5.41, 5.74) is 4.00. The van der Waals surface area contributed by atoms with Crippen molar-refractivity contribution >= 4 is 5.91 Å². The van der Waals surface area contributed by atoms with Gasteiger partial charge in [-0.2, -0.15) is 0 Å². The van der Waals surface area contributed by atoms with Crippen LogP contribution in [-0.2, 0) is 24.8 Å². The summed E-state index contributed by atoms with van der Waals surface area (Å²) in [4.78, 5) is 14.8. The Labute approximate surface area is 171 Å². The van der Waals surface area contributed by atoms with Crippen LogP contribution >= 0.6 is 0 Å². The maximum absolute atomic E-state index is 12.4. The summed E-state index contributed by atoms with van der Waals surface area (Å²) in [6.45, 7) is 2.44. The first-order chi connectivity index (χ1) is 14.2. The molecule has 2 heterocycles. The first-order valence-electron chi connectivity index (χ1n) is 10.1. The van der Waals surface area contributed by atoms with E-state index in [0.29, 0.717) is 12.3 Å². The van der Waals surface area contributed by atoms with Gasteiger partial charge in [0.1, 0.15) is 5.75 Å². The summed E-state index contributed by atoms with van der Waals surface area (Å²) in [6.07, 6.45) is 3.09. The number of carbonyl (C=O) groups is 1. The molecule has 1 amide bonds. The van der Waals surface area contributed by atoms with E-state index in [2.05, 4.69) is 64.4 Å². The maximum atomic E-state index is 12.4. The van der Waals surface area contributed by atoms with Crippen LogP contribution in [0.25, 0.3) is 0 Å². The summed E-state index contributed by atoms with van der Waals surface area (Å²) in [7, 11) is 2.06. The molecule has 5 nitrogen and oxygen atoms in total. The molecule has 0 saturated heterocycles. The molecule has 5 heteroatoms. The summed E-state index contributed by atoms with van der Waals surface area (Å²) >= 11 is 0. The highest BCUT2D eigenvalue weighted by Gasteiger charge is 2.26. The Morgan fingerprint density at radius 2 is 1.79 bits per heavy atom. The lowest BCUT2D eigenvalue weighted by Crippen LogP contribution is -2.42. The van der Waals surface area contributed by atoms with E-state index in [9.17, 15) is 4.79 Å². The van der Waals surface area contributed by atoms with Crippen molar-refractivity contribution in [2.24, 2.45) is 7.05 Å². The van der Waals surface area contributed by atoms with Crippen LogP contribution in [0.1, 0.15) is 22.9 Å². The quantitative estimate of drug-likeness (QED) is 0.674. The summed E-state index contributed by atoms with van der Waals surface area (Å²) in [5.74, 6) is 0.597. The zero-order valence-electron chi connectivity index (χ0n) is 16.8. The molecule has 1 N–H and O–H groups in total. The van der Waals surface area contributed by atoms with Crippen LogP contribution in [0.2, 0.25) is 0 Å². The normalized spacial score (nSPS) is 14.8. The average Bonchev–Trinajstić information content (AvgIpc) is 3.18. The SMILES string of the molecule is Cn1cccc1[C@@H](CNC(=O)COc1ccccc1)N1CCc2ccccc2C1. The first kappa shape index (κ1) is 19.3. The number of ether oxygens (including phenoxy) is 1. The second kappa shape index (κ2) is 8.97. The number of benzene rings is 2. The van der Waals surface area contributed by atoms with Gasteiger partial charge in [-0.3, -0.25) is 9.69 Å². The Balaban J connectivity index is 1.42. The molecule has 1 aliphatic rings. The molecule has 0 radical (unpaired) electrons. The molecule has 0 aliphatic carbocycles. The topological polar surface area (TPSA) is 46.5 Å². The third kappa shape index (κ3) is 4.69. The Bertz CT molecular complexity index is 952. The lowest BCUT2D eigenvalue weighted by molar-refractivity contribution is -0.123. The number of nitrogens with one attached hydrogen (secondary N) is 1. The van der Waals surface area contributed by atoms with Crippen LogP contribution in [0.4, 0.5) is 0 Å². The van der Waals surface area contributed by atoms with Gasteiger partial charge in [0.25, 0.3) is 5.91 Å². The zero-order valence-corrected chi connectivity index (χ0v) is 16.8. The number of aryl methyl sites for hydroxylation is 1. The van der Waals surface area contributed by atoms with E-state index in [4.69, 9.17) is 4.74 Å². The highest BCUT2D eigenvalue weighted by Crippen LogP contribution is 2.27. The molecule has 0 spiro atoms. The van der Waals surface area contributed by atoms with Crippen LogP contribution in [-0.4, -0.2) is 35.1 Å². The van der Waals surface area contributed by atoms with Crippen molar-refractivity contribution < 1.29 is 9.53 Å². The molecule has 2 aromatic carbocycles. The number of amides is 1. The molecular weight excluding hydrogens is 362 g/mol. The minimum atomic E-state index is -0.106. The molecule has 3 aromatic rings. The second-order valence-electron chi connectivity index (χ2n) is 7.45. The lowest BCUT2D eigenvalue weighted by atomic mass is 9.98. The fourth-order valence-corrected chi connectivity index (χ4v) is 3.95. The van der Waals surface area contributed by atoms with Gasteiger partial charge in [-0.15, -0.1) is 0 Å². The number of hydrogen-bond acceptors (Lipinski definition) is 3. The van der Waals surface area contributed by atoms with Gasteiger partial charge in [0.05, 0.1) is 6.04 Å². The van der Waals surface area contributed by atoms with Crippen LogP contribution in [0.3, 0.4) is 0 Å². The number of para-hydroxylation sites is 1. The predicted octanol–water partition coefficient (Wildman–Crippen LogP) is 3.32. The van der Waals surface area contributed by atoms with Gasteiger partial charge in [-0.05, 0) is 41.8 Å². The molecule has 0 bridgehead atoms. The Kier molecular flexibility index (Phi) is 5.96. The van der Waals surface area contributed by atoms with Crippen LogP contribution in [0, 0.1) is 0 Å². The Morgan fingerprint density at radius 1 is 1.03 bits per heavy atom. The van der Waals surface area contributed by atoms with Gasteiger partial charge in [-0.1, -0.05) is 42.5 Å². The lowest BCUT2D eigenvalue weighted by Gasteiger charge is -2.36. The predicted molar refractivity (Wildman–Crippen MR) is 114 cm³/mol. The van der Waals surface area contributed by atoms with E-state index >= 15 is 0 Å². The molecule has 1 aliphatic heterocycles. The van der Waals surface area contributed by atoms with Crippen molar-refractivity contribution in [1.29, 1.82) is 0 Å². The van der Waals surface area contributed by atoms with Crippen molar-refractivity contribution in [2.75, 3.05) is 19.7 Å². The Morgan fingerprint density at radius 3 is 2.55 bits per heavy atom. The standard InChI is InChI=1S/C24H27N3O2/c1-26-14-7-12-22(26)23(27-15-13-19-8-5-6-9-20(19)17-27)16-25-24(28)18-29-21-10-3-2-4-11-21/h2-12,14,23H,13,15-18H2,1H3,(H,25,28)/t23-/m1/s1. The molecule has 150 valence electrons. The molecule has 1 atom stereocenters. The van der Waals surface area contributed by atoms with Gasteiger partial charge in [0, 0.05) is 38.6 Å². The molecular formula is C24H27N3O2. The van der Waals surface area contributed by atoms with Gasteiger partial charge in [0.15, 0.2) is 6.61 Å². The van der Waals surface area contributed by atoms with Crippen LogP contribution in [0.15, 0.2) is 72.9 Å². The third-order valence-corrected chi connectivity index (χ3v) is 5.53. The number of nitrogens with zero attached hydrogens (tertiary/aromatic N) is 2. The van der Waals surface area contributed by atoms with Crippen molar-refractivity contribution in [1.82, 2.24) is 14.8 Å².